The van der Waals surface area contributed by atoms with Crippen molar-refractivity contribution in [3.05, 3.63) is 47.7 Å². The molecule has 174 valence electrons. The van der Waals surface area contributed by atoms with Gasteiger partial charge in [-0.25, -0.2) is 13.1 Å². The maximum atomic E-state index is 12.9. The minimum Gasteiger partial charge on any atom is -0.354 e. The van der Waals surface area contributed by atoms with E-state index in [4.69, 9.17) is 5.10 Å². The summed E-state index contributed by atoms with van der Waals surface area (Å²) in [4.78, 5) is 12.9. The number of anilines is 1. The van der Waals surface area contributed by atoms with Crippen molar-refractivity contribution in [1.82, 2.24) is 15.1 Å². The Kier molecular flexibility index (Phi) is 6.77. The van der Waals surface area contributed by atoms with E-state index < -0.39 is 10.0 Å². The Balaban J connectivity index is 1.93. The van der Waals surface area contributed by atoms with Crippen LogP contribution in [0.2, 0.25) is 0 Å². The first-order valence-electron chi connectivity index (χ1n) is 11.1. The second-order valence-corrected chi connectivity index (χ2v) is 11.5. The van der Waals surface area contributed by atoms with Crippen LogP contribution in [-0.2, 0) is 10.0 Å². The van der Waals surface area contributed by atoms with Crippen LogP contribution < -0.4 is 15.1 Å². The molecule has 1 aliphatic carbocycles. The van der Waals surface area contributed by atoms with Gasteiger partial charge in [0.25, 0.3) is 5.91 Å². The molecule has 10 heteroatoms. The van der Waals surface area contributed by atoms with Gasteiger partial charge in [-0.3, -0.25) is 9.10 Å². The summed E-state index contributed by atoms with van der Waals surface area (Å²) in [6, 6.07) is 11.7. The molecule has 4 rings (SSSR count). The van der Waals surface area contributed by atoms with Gasteiger partial charge in [0.15, 0.2) is 0 Å². The number of benzene rings is 2. The van der Waals surface area contributed by atoms with Gasteiger partial charge in [-0.15, -0.1) is 0 Å². The van der Waals surface area contributed by atoms with Crippen molar-refractivity contribution in [2.45, 2.75) is 25.2 Å². The lowest BCUT2D eigenvalue weighted by Crippen LogP contribution is -2.32. The van der Waals surface area contributed by atoms with Gasteiger partial charge in [-0.05, 0) is 67.0 Å². The third-order valence-corrected chi connectivity index (χ3v) is 7.81. The van der Waals surface area contributed by atoms with Crippen LogP contribution in [-0.4, -0.2) is 63.8 Å². The third-order valence-electron chi connectivity index (χ3n) is 5.94. The highest BCUT2D eigenvalue weighted by molar-refractivity contribution is 7.98. The van der Waals surface area contributed by atoms with Gasteiger partial charge in [0.05, 0.1) is 23.1 Å². The van der Waals surface area contributed by atoms with E-state index in [0.29, 0.717) is 29.4 Å². The molecular formula is C23H29BN4O3S2. The summed E-state index contributed by atoms with van der Waals surface area (Å²) in [5.41, 5.74) is 4.62. The summed E-state index contributed by atoms with van der Waals surface area (Å²) >= 11 is 1.70. The molecule has 0 unspecified atom stereocenters. The predicted molar refractivity (Wildman–Crippen MR) is 140 cm³/mol. The number of rotatable bonds is 9. The lowest BCUT2D eigenvalue weighted by Gasteiger charge is -2.25. The van der Waals surface area contributed by atoms with Crippen molar-refractivity contribution in [2.75, 3.05) is 36.2 Å². The number of thioether (sulfide) groups is 1. The van der Waals surface area contributed by atoms with Gasteiger partial charge in [0.1, 0.15) is 13.5 Å². The Morgan fingerprint density at radius 2 is 1.97 bits per heavy atom. The first kappa shape index (κ1) is 23.7. The van der Waals surface area contributed by atoms with E-state index in [1.165, 1.54) is 10.6 Å². The molecule has 0 radical (unpaired) electrons. The maximum absolute atomic E-state index is 12.9. The zero-order valence-corrected chi connectivity index (χ0v) is 21.1. The Hall–Kier alpha value is -2.46. The van der Waals surface area contributed by atoms with Crippen molar-refractivity contribution in [1.29, 1.82) is 0 Å². The van der Waals surface area contributed by atoms with Crippen LogP contribution in [0.3, 0.4) is 0 Å². The molecule has 0 saturated heterocycles. The number of nitrogens with one attached hydrogen (secondary N) is 1. The van der Waals surface area contributed by atoms with E-state index in [1.54, 1.807) is 23.5 Å². The SMILES string of the molecule is Bc1ccc(-n2nc3cc(N(CCCSC)S(C)(=O)=O)c(C4CC4)cc3c2C(=O)NC)cc1. The number of fused-ring (bicyclic) bond motifs is 1. The lowest BCUT2D eigenvalue weighted by atomic mass is 9.96. The molecule has 1 heterocycles. The zero-order chi connectivity index (χ0) is 23.8. The number of hydrogen-bond donors (Lipinski definition) is 1. The third kappa shape index (κ3) is 4.91. The smallest absolute Gasteiger partial charge is 0.270 e. The van der Waals surface area contributed by atoms with Crippen molar-refractivity contribution in [3.8, 4) is 5.69 Å². The maximum Gasteiger partial charge on any atom is 0.270 e. The number of aromatic nitrogens is 2. The molecule has 7 nitrogen and oxygen atoms in total. The number of carbonyl (C=O) groups is 1. The van der Waals surface area contributed by atoms with Gasteiger partial charge in [0, 0.05) is 19.0 Å². The van der Waals surface area contributed by atoms with Crippen LogP contribution in [0.5, 0.6) is 0 Å². The Bertz CT molecular complexity index is 1290. The monoisotopic (exact) mass is 484 g/mol. The summed E-state index contributed by atoms with van der Waals surface area (Å²) in [6.45, 7) is 0.422. The summed E-state index contributed by atoms with van der Waals surface area (Å²) in [6.07, 6.45) is 6.07. The van der Waals surface area contributed by atoms with E-state index in [0.717, 1.165) is 47.1 Å². The van der Waals surface area contributed by atoms with Crippen molar-refractivity contribution in [2.24, 2.45) is 0 Å². The van der Waals surface area contributed by atoms with Crippen LogP contribution in [0.25, 0.3) is 16.6 Å². The molecule has 1 aliphatic rings. The fourth-order valence-corrected chi connectivity index (χ4v) is 5.50. The van der Waals surface area contributed by atoms with Crippen LogP contribution in [0.15, 0.2) is 36.4 Å². The average Bonchev–Trinajstić information content (AvgIpc) is 3.55. The number of nitrogens with zero attached hydrogens (tertiary/aromatic N) is 3. The zero-order valence-electron chi connectivity index (χ0n) is 19.5. The van der Waals surface area contributed by atoms with Gasteiger partial charge in [-0.1, -0.05) is 17.6 Å². The van der Waals surface area contributed by atoms with Gasteiger partial charge < -0.3 is 5.32 Å². The standard InChI is InChI=1S/C23H29BN4O3S2/c1-25-23(29)22-19-13-18(15-5-6-15)21(27(33(3,30)31)11-4-12-32-2)14-20(19)26-28(22)17-9-7-16(24)8-10-17/h7-10,13-15H,4-6,11-12,24H2,1-3H3,(H,25,29). The molecule has 33 heavy (non-hydrogen) atoms. The van der Waals surface area contributed by atoms with E-state index in [9.17, 15) is 13.2 Å². The normalized spacial score (nSPS) is 13.9. The second kappa shape index (κ2) is 9.42. The van der Waals surface area contributed by atoms with Crippen molar-refractivity contribution in [3.63, 3.8) is 0 Å². The average molecular weight is 484 g/mol. The first-order chi connectivity index (χ1) is 15.7. The van der Waals surface area contributed by atoms with E-state index in [2.05, 4.69) is 5.32 Å². The molecule has 1 saturated carbocycles. The topological polar surface area (TPSA) is 84.3 Å². The molecule has 1 amide bonds. The minimum atomic E-state index is -3.47. The van der Waals surface area contributed by atoms with E-state index in [1.807, 2.05) is 50.5 Å². The summed E-state index contributed by atoms with van der Waals surface area (Å²) < 4.78 is 28.7. The molecular weight excluding hydrogens is 455 g/mol. The molecule has 0 atom stereocenters. The molecule has 1 fully saturated rings. The molecule has 1 aromatic heterocycles. The number of hydrogen-bond acceptors (Lipinski definition) is 5. The minimum absolute atomic E-state index is 0.229. The number of sulfonamides is 1. The van der Waals surface area contributed by atoms with Gasteiger partial charge >= 0.3 is 0 Å². The van der Waals surface area contributed by atoms with Crippen molar-refractivity contribution < 1.29 is 13.2 Å². The van der Waals surface area contributed by atoms with Crippen LogP contribution >= 0.6 is 11.8 Å². The summed E-state index contributed by atoms with van der Waals surface area (Å²) in [5, 5.41) is 8.22. The summed E-state index contributed by atoms with van der Waals surface area (Å²) in [5.74, 6) is 0.956. The fourth-order valence-electron chi connectivity index (χ4n) is 4.10. The molecule has 0 spiro atoms. The molecule has 0 aliphatic heterocycles. The predicted octanol–water partition coefficient (Wildman–Crippen LogP) is 2.04. The van der Waals surface area contributed by atoms with Crippen LogP contribution in [0.4, 0.5) is 5.69 Å². The molecule has 1 N–H and O–H groups in total. The highest BCUT2D eigenvalue weighted by Crippen LogP contribution is 2.46. The molecule has 0 bridgehead atoms. The molecule has 3 aromatic rings. The van der Waals surface area contributed by atoms with Crippen LogP contribution in [0.1, 0.15) is 41.2 Å². The van der Waals surface area contributed by atoms with E-state index >= 15 is 0 Å². The second-order valence-electron chi connectivity index (χ2n) is 8.56. The van der Waals surface area contributed by atoms with Gasteiger partial charge in [-0.2, -0.15) is 16.9 Å². The Morgan fingerprint density at radius 3 is 2.55 bits per heavy atom. The Labute approximate surface area is 200 Å². The summed E-state index contributed by atoms with van der Waals surface area (Å²) in [7, 11) is 0.147. The lowest BCUT2D eigenvalue weighted by molar-refractivity contribution is 0.0957. The highest BCUT2D eigenvalue weighted by Gasteiger charge is 2.32. The number of carbonyl (C=O) groups excluding carboxylic acids is 1. The van der Waals surface area contributed by atoms with Crippen LogP contribution in [0, 0.1) is 0 Å². The van der Waals surface area contributed by atoms with Gasteiger partial charge in [0.2, 0.25) is 10.0 Å². The number of amides is 1. The highest BCUT2D eigenvalue weighted by atomic mass is 32.2. The fraction of sp³-hybridized carbons (Fsp3) is 0.391. The molecule has 2 aromatic carbocycles. The quantitative estimate of drug-likeness (QED) is 0.371. The first-order valence-corrected chi connectivity index (χ1v) is 14.3. The van der Waals surface area contributed by atoms with E-state index in [-0.39, 0.29) is 5.91 Å². The van der Waals surface area contributed by atoms with Crippen molar-refractivity contribution >= 4 is 57.6 Å². The largest absolute Gasteiger partial charge is 0.354 e. The Morgan fingerprint density at radius 1 is 1.27 bits per heavy atom.